The van der Waals surface area contributed by atoms with Gasteiger partial charge in [-0.15, -0.1) is 0 Å². The van der Waals surface area contributed by atoms with Gasteiger partial charge in [-0.05, 0) is 30.7 Å². The fraction of sp³-hybridized carbons (Fsp3) is 0.0833. The van der Waals surface area contributed by atoms with Crippen LogP contribution < -0.4 is 5.73 Å². The summed E-state index contributed by atoms with van der Waals surface area (Å²) in [4.78, 5) is 4.13. The second-order valence-electron chi connectivity index (χ2n) is 3.44. The lowest BCUT2D eigenvalue weighted by molar-refractivity contribution is 0.619. The zero-order chi connectivity index (χ0) is 10.8. The predicted molar refractivity (Wildman–Crippen MR) is 58.8 cm³/mol. The van der Waals surface area contributed by atoms with Gasteiger partial charge in [-0.2, -0.15) is 0 Å². The molecule has 1 heterocycles. The molecule has 0 aliphatic heterocycles. The van der Waals surface area contributed by atoms with Crippen LogP contribution in [0.5, 0.6) is 0 Å². The highest BCUT2D eigenvalue weighted by molar-refractivity contribution is 5.63. The number of rotatable bonds is 1. The SMILES string of the molecule is Cc1ccc(-c2cc(N)ccn2)cc1F. The van der Waals surface area contributed by atoms with E-state index in [4.69, 9.17) is 5.73 Å². The molecule has 0 fully saturated rings. The van der Waals surface area contributed by atoms with E-state index in [1.165, 1.54) is 6.07 Å². The lowest BCUT2D eigenvalue weighted by Gasteiger charge is -2.03. The van der Waals surface area contributed by atoms with Crippen molar-refractivity contribution >= 4 is 5.69 Å². The number of aromatic nitrogens is 1. The molecule has 15 heavy (non-hydrogen) atoms. The molecule has 2 rings (SSSR count). The van der Waals surface area contributed by atoms with Crippen LogP contribution in [0.1, 0.15) is 5.56 Å². The Bertz CT molecular complexity index is 495. The van der Waals surface area contributed by atoms with E-state index in [9.17, 15) is 4.39 Å². The highest BCUT2D eigenvalue weighted by Gasteiger charge is 2.03. The van der Waals surface area contributed by atoms with Gasteiger partial charge < -0.3 is 5.73 Å². The second-order valence-corrected chi connectivity index (χ2v) is 3.44. The molecular formula is C12H11FN2. The van der Waals surface area contributed by atoms with Crippen molar-refractivity contribution in [1.29, 1.82) is 0 Å². The highest BCUT2D eigenvalue weighted by atomic mass is 19.1. The number of aryl methyl sites for hydroxylation is 1. The molecule has 0 saturated carbocycles. The van der Waals surface area contributed by atoms with Crippen LogP contribution in [0.2, 0.25) is 0 Å². The Morgan fingerprint density at radius 1 is 1.20 bits per heavy atom. The van der Waals surface area contributed by atoms with Crippen LogP contribution in [0.3, 0.4) is 0 Å². The first-order valence-electron chi connectivity index (χ1n) is 4.65. The minimum absolute atomic E-state index is 0.225. The number of hydrogen-bond donors (Lipinski definition) is 1. The summed E-state index contributed by atoms with van der Waals surface area (Å²) in [6, 6.07) is 8.46. The van der Waals surface area contributed by atoms with E-state index in [1.54, 1.807) is 31.3 Å². The fourth-order valence-corrected chi connectivity index (χ4v) is 1.36. The molecule has 0 amide bonds. The van der Waals surface area contributed by atoms with Gasteiger partial charge in [0.25, 0.3) is 0 Å². The van der Waals surface area contributed by atoms with Crippen molar-refractivity contribution in [3.05, 3.63) is 47.9 Å². The Morgan fingerprint density at radius 2 is 2.00 bits per heavy atom. The summed E-state index contributed by atoms with van der Waals surface area (Å²) in [6.07, 6.45) is 1.61. The van der Waals surface area contributed by atoms with Crippen molar-refractivity contribution in [2.75, 3.05) is 5.73 Å². The van der Waals surface area contributed by atoms with Crippen molar-refractivity contribution in [2.24, 2.45) is 0 Å². The summed E-state index contributed by atoms with van der Waals surface area (Å²) >= 11 is 0. The van der Waals surface area contributed by atoms with E-state index in [0.717, 1.165) is 5.56 Å². The van der Waals surface area contributed by atoms with E-state index in [1.807, 2.05) is 6.07 Å². The number of anilines is 1. The molecule has 0 atom stereocenters. The average Bonchev–Trinajstić information content (AvgIpc) is 2.22. The largest absolute Gasteiger partial charge is 0.399 e. The fourth-order valence-electron chi connectivity index (χ4n) is 1.36. The third-order valence-electron chi connectivity index (χ3n) is 2.25. The van der Waals surface area contributed by atoms with Crippen LogP contribution in [0.25, 0.3) is 11.3 Å². The van der Waals surface area contributed by atoms with Crippen molar-refractivity contribution < 1.29 is 4.39 Å². The van der Waals surface area contributed by atoms with Gasteiger partial charge >= 0.3 is 0 Å². The van der Waals surface area contributed by atoms with Gasteiger partial charge in [-0.1, -0.05) is 12.1 Å². The van der Waals surface area contributed by atoms with Gasteiger partial charge in [-0.3, -0.25) is 4.98 Å². The maximum atomic E-state index is 13.3. The first-order valence-corrected chi connectivity index (χ1v) is 4.65. The van der Waals surface area contributed by atoms with Crippen molar-refractivity contribution in [2.45, 2.75) is 6.92 Å². The quantitative estimate of drug-likeness (QED) is 0.772. The minimum Gasteiger partial charge on any atom is -0.399 e. The van der Waals surface area contributed by atoms with Crippen LogP contribution in [-0.4, -0.2) is 4.98 Å². The summed E-state index contributed by atoms with van der Waals surface area (Å²) in [5.41, 5.74) is 8.31. The summed E-state index contributed by atoms with van der Waals surface area (Å²) in [6.45, 7) is 1.73. The zero-order valence-electron chi connectivity index (χ0n) is 8.37. The van der Waals surface area contributed by atoms with E-state index in [-0.39, 0.29) is 5.82 Å². The number of nitrogens with zero attached hydrogens (tertiary/aromatic N) is 1. The van der Waals surface area contributed by atoms with Gasteiger partial charge in [0.1, 0.15) is 5.82 Å². The first-order chi connectivity index (χ1) is 7.16. The van der Waals surface area contributed by atoms with E-state index in [0.29, 0.717) is 16.9 Å². The smallest absolute Gasteiger partial charge is 0.126 e. The molecule has 0 unspecified atom stereocenters. The van der Waals surface area contributed by atoms with Gasteiger partial charge in [0, 0.05) is 17.4 Å². The van der Waals surface area contributed by atoms with Gasteiger partial charge in [0.15, 0.2) is 0 Å². The van der Waals surface area contributed by atoms with Crippen LogP contribution in [0.15, 0.2) is 36.5 Å². The van der Waals surface area contributed by atoms with E-state index < -0.39 is 0 Å². The molecular weight excluding hydrogens is 191 g/mol. The molecule has 1 aromatic heterocycles. The lowest BCUT2D eigenvalue weighted by atomic mass is 10.1. The molecule has 2 aromatic rings. The number of nitrogens with two attached hydrogens (primary N) is 1. The average molecular weight is 202 g/mol. The van der Waals surface area contributed by atoms with Crippen LogP contribution in [0.4, 0.5) is 10.1 Å². The summed E-state index contributed by atoms with van der Waals surface area (Å²) in [5.74, 6) is -0.225. The van der Waals surface area contributed by atoms with Crippen molar-refractivity contribution in [3.8, 4) is 11.3 Å². The van der Waals surface area contributed by atoms with Gasteiger partial charge in [0.2, 0.25) is 0 Å². The Labute approximate surface area is 87.6 Å². The molecule has 3 heteroatoms. The van der Waals surface area contributed by atoms with Gasteiger partial charge in [0.05, 0.1) is 5.69 Å². The summed E-state index contributed by atoms with van der Waals surface area (Å²) in [5, 5.41) is 0. The normalized spacial score (nSPS) is 10.3. The standard InChI is InChI=1S/C12H11FN2/c1-8-2-3-9(6-11(8)13)12-7-10(14)4-5-15-12/h2-7H,1H3,(H2,14,15). The van der Waals surface area contributed by atoms with E-state index >= 15 is 0 Å². The van der Waals surface area contributed by atoms with Crippen molar-refractivity contribution in [3.63, 3.8) is 0 Å². The number of halogens is 1. The second kappa shape index (κ2) is 3.69. The topological polar surface area (TPSA) is 38.9 Å². The maximum Gasteiger partial charge on any atom is 0.126 e. The molecule has 0 bridgehead atoms. The molecule has 0 aliphatic rings. The Morgan fingerprint density at radius 3 is 2.67 bits per heavy atom. The Hall–Kier alpha value is -1.90. The molecule has 1 aromatic carbocycles. The van der Waals surface area contributed by atoms with Gasteiger partial charge in [-0.25, -0.2) is 4.39 Å². The minimum atomic E-state index is -0.225. The maximum absolute atomic E-state index is 13.3. The number of hydrogen-bond acceptors (Lipinski definition) is 2. The Balaban J connectivity index is 2.50. The summed E-state index contributed by atoms with van der Waals surface area (Å²) < 4.78 is 13.3. The highest BCUT2D eigenvalue weighted by Crippen LogP contribution is 2.20. The number of pyridine rings is 1. The third-order valence-corrected chi connectivity index (χ3v) is 2.25. The monoisotopic (exact) mass is 202 g/mol. The predicted octanol–water partition coefficient (Wildman–Crippen LogP) is 2.78. The Kier molecular flexibility index (Phi) is 2.37. The van der Waals surface area contributed by atoms with Crippen LogP contribution >= 0.6 is 0 Å². The number of benzene rings is 1. The molecule has 2 nitrogen and oxygen atoms in total. The van der Waals surface area contributed by atoms with Crippen molar-refractivity contribution in [1.82, 2.24) is 4.98 Å². The lowest BCUT2D eigenvalue weighted by Crippen LogP contribution is -1.90. The van der Waals surface area contributed by atoms with Crippen LogP contribution in [0, 0.1) is 12.7 Å². The number of nitrogen functional groups attached to an aromatic ring is 1. The van der Waals surface area contributed by atoms with Crippen LogP contribution in [-0.2, 0) is 0 Å². The van der Waals surface area contributed by atoms with E-state index in [2.05, 4.69) is 4.98 Å². The molecule has 2 N–H and O–H groups in total. The first kappa shape index (κ1) is 9.65. The molecule has 0 radical (unpaired) electrons. The summed E-state index contributed by atoms with van der Waals surface area (Å²) in [7, 11) is 0. The molecule has 76 valence electrons. The molecule has 0 saturated heterocycles. The molecule has 0 aliphatic carbocycles. The third kappa shape index (κ3) is 1.96. The zero-order valence-corrected chi connectivity index (χ0v) is 8.37. The molecule has 0 spiro atoms.